The van der Waals surface area contributed by atoms with Crippen LogP contribution in [0.25, 0.3) is 11.3 Å². The highest BCUT2D eigenvalue weighted by molar-refractivity contribution is 6.00. The standard InChI is InChI=1S/C15H15N3O3.ClH/c19-14(18-7-6-11(9-18)15(20)21)12-8-16-17-13(12)10-4-2-1-3-5-10;/h1-5,8,11H,6-7,9H2,(H,16,17)(H,20,21);1H. The molecule has 1 aliphatic rings. The van der Waals surface area contributed by atoms with Gasteiger partial charge >= 0.3 is 5.97 Å². The van der Waals surface area contributed by atoms with Gasteiger partial charge in [-0.2, -0.15) is 5.10 Å². The number of carbonyl (C=O) groups excluding carboxylic acids is 1. The average Bonchev–Trinajstić information content (AvgIpc) is 3.17. The fourth-order valence-electron chi connectivity index (χ4n) is 2.59. The number of H-pyrrole nitrogens is 1. The van der Waals surface area contributed by atoms with E-state index in [-0.39, 0.29) is 24.9 Å². The van der Waals surface area contributed by atoms with Crippen LogP contribution in [0.2, 0.25) is 0 Å². The minimum absolute atomic E-state index is 0. The summed E-state index contributed by atoms with van der Waals surface area (Å²) in [6, 6.07) is 9.48. The molecule has 1 unspecified atom stereocenters. The second-order valence-corrected chi connectivity index (χ2v) is 5.10. The molecule has 2 heterocycles. The molecule has 0 aliphatic carbocycles. The van der Waals surface area contributed by atoms with Crippen molar-refractivity contribution in [2.24, 2.45) is 5.92 Å². The van der Waals surface area contributed by atoms with E-state index in [2.05, 4.69) is 10.2 Å². The number of nitrogens with one attached hydrogen (secondary N) is 1. The van der Waals surface area contributed by atoms with Gasteiger partial charge in [-0.15, -0.1) is 12.4 Å². The first-order valence-corrected chi connectivity index (χ1v) is 6.77. The van der Waals surface area contributed by atoms with Crippen molar-refractivity contribution in [1.82, 2.24) is 15.1 Å². The summed E-state index contributed by atoms with van der Waals surface area (Å²) in [7, 11) is 0. The van der Waals surface area contributed by atoms with Gasteiger partial charge in [0.2, 0.25) is 0 Å². The number of rotatable bonds is 3. The quantitative estimate of drug-likeness (QED) is 0.905. The predicted molar refractivity (Wildman–Crippen MR) is 82.9 cm³/mol. The topological polar surface area (TPSA) is 86.3 Å². The lowest BCUT2D eigenvalue weighted by molar-refractivity contribution is -0.141. The van der Waals surface area contributed by atoms with Crippen LogP contribution >= 0.6 is 12.4 Å². The molecule has 1 aromatic heterocycles. The van der Waals surface area contributed by atoms with Gasteiger partial charge < -0.3 is 10.0 Å². The number of hydrogen-bond acceptors (Lipinski definition) is 3. The summed E-state index contributed by atoms with van der Waals surface area (Å²) >= 11 is 0. The van der Waals surface area contributed by atoms with Crippen molar-refractivity contribution in [2.75, 3.05) is 13.1 Å². The van der Waals surface area contributed by atoms with Crippen LogP contribution in [-0.2, 0) is 4.79 Å². The first kappa shape index (κ1) is 16.0. The predicted octanol–water partition coefficient (Wildman–Crippen LogP) is 2.05. The second kappa shape index (κ2) is 6.62. The van der Waals surface area contributed by atoms with E-state index < -0.39 is 11.9 Å². The fourth-order valence-corrected chi connectivity index (χ4v) is 2.59. The number of carbonyl (C=O) groups is 2. The Hall–Kier alpha value is -2.34. The van der Waals surface area contributed by atoms with Crippen molar-refractivity contribution in [3.63, 3.8) is 0 Å². The molecule has 0 radical (unpaired) electrons. The first-order valence-electron chi connectivity index (χ1n) is 6.77. The Morgan fingerprint density at radius 3 is 2.64 bits per heavy atom. The molecule has 6 nitrogen and oxygen atoms in total. The normalized spacial score (nSPS) is 17.1. The summed E-state index contributed by atoms with van der Waals surface area (Å²) in [5.74, 6) is -1.49. The number of aromatic amines is 1. The molecule has 3 rings (SSSR count). The van der Waals surface area contributed by atoms with Gasteiger partial charge in [-0.05, 0) is 6.42 Å². The van der Waals surface area contributed by atoms with Gasteiger partial charge in [0.1, 0.15) is 0 Å². The summed E-state index contributed by atoms with van der Waals surface area (Å²) in [5.41, 5.74) is 2.03. The highest BCUT2D eigenvalue weighted by atomic mass is 35.5. The molecule has 0 bridgehead atoms. The second-order valence-electron chi connectivity index (χ2n) is 5.10. The molecule has 22 heavy (non-hydrogen) atoms. The SMILES string of the molecule is Cl.O=C(O)C1CCN(C(=O)c2cn[nH]c2-c2ccccc2)C1. The smallest absolute Gasteiger partial charge is 0.308 e. The zero-order valence-electron chi connectivity index (χ0n) is 11.7. The Morgan fingerprint density at radius 2 is 2.00 bits per heavy atom. The maximum Gasteiger partial charge on any atom is 0.308 e. The third-order valence-corrected chi connectivity index (χ3v) is 3.76. The summed E-state index contributed by atoms with van der Waals surface area (Å²) in [6.07, 6.45) is 2.00. The van der Waals surface area contributed by atoms with Crippen molar-refractivity contribution < 1.29 is 14.7 Å². The zero-order chi connectivity index (χ0) is 14.8. The van der Waals surface area contributed by atoms with E-state index in [4.69, 9.17) is 5.11 Å². The maximum absolute atomic E-state index is 12.5. The molecule has 1 fully saturated rings. The minimum atomic E-state index is -0.847. The van der Waals surface area contributed by atoms with E-state index in [9.17, 15) is 9.59 Å². The monoisotopic (exact) mass is 321 g/mol. The van der Waals surface area contributed by atoms with Gasteiger partial charge in [-0.25, -0.2) is 0 Å². The zero-order valence-corrected chi connectivity index (χ0v) is 12.5. The number of halogens is 1. The Kier molecular flexibility index (Phi) is 4.82. The molecule has 2 N–H and O–H groups in total. The van der Waals surface area contributed by atoms with E-state index in [1.54, 1.807) is 4.90 Å². The van der Waals surface area contributed by atoms with Crippen LogP contribution in [0.4, 0.5) is 0 Å². The Labute approximate surface area is 133 Å². The van der Waals surface area contributed by atoms with Gasteiger partial charge in [-0.3, -0.25) is 14.7 Å². The van der Waals surface area contributed by atoms with Crippen molar-refractivity contribution >= 4 is 24.3 Å². The van der Waals surface area contributed by atoms with Crippen LogP contribution in [-0.4, -0.2) is 45.2 Å². The van der Waals surface area contributed by atoms with Gasteiger partial charge in [-0.1, -0.05) is 30.3 Å². The molecule has 116 valence electrons. The highest BCUT2D eigenvalue weighted by Gasteiger charge is 2.32. The van der Waals surface area contributed by atoms with Crippen LogP contribution in [0.1, 0.15) is 16.8 Å². The molecule has 1 aromatic carbocycles. The number of carboxylic acid groups (broad SMARTS) is 1. The van der Waals surface area contributed by atoms with Crippen LogP contribution in [0.5, 0.6) is 0 Å². The van der Waals surface area contributed by atoms with Crippen LogP contribution in [0.3, 0.4) is 0 Å². The van der Waals surface area contributed by atoms with Gasteiger partial charge in [0.05, 0.1) is 23.4 Å². The Balaban J connectivity index is 0.00000176. The van der Waals surface area contributed by atoms with Crippen molar-refractivity contribution in [3.8, 4) is 11.3 Å². The molecule has 1 aliphatic heterocycles. The van der Waals surface area contributed by atoms with Crippen LogP contribution < -0.4 is 0 Å². The van der Waals surface area contributed by atoms with E-state index in [1.165, 1.54) is 6.20 Å². The van der Waals surface area contributed by atoms with Crippen molar-refractivity contribution in [3.05, 3.63) is 42.1 Å². The molecule has 1 atom stereocenters. The minimum Gasteiger partial charge on any atom is -0.481 e. The number of aliphatic carboxylic acids is 1. The average molecular weight is 322 g/mol. The number of amides is 1. The highest BCUT2D eigenvalue weighted by Crippen LogP contribution is 2.24. The number of benzene rings is 1. The summed E-state index contributed by atoms with van der Waals surface area (Å²) in [5, 5.41) is 15.8. The molecule has 0 saturated carbocycles. The van der Waals surface area contributed by atoms with E-state index in [1.807, 2.05) is 30.3 Å². The molecule has 7 heteroatoms. The molecular weight excluding hydrogens is 306 g/mol. The van der Waals surface area contributed by atoms with Gasteiger partial charge in [0.25, 0.3) is 5.91 Å². The number of nitrogens with zero attached hydrogens (tertiary/aromatic N) is 2. The third-order valence-electron chi connectivity index (χ3n) is 3.76. The molecule has 1 saturated heterocycles. The summed E-state index contributed by atoms with van der Waals surface area (Å²) < 4.78 is 0. The van der Waals surface area contributed by atoms with Crippen molar-refractivity contribution in [2.45, 2.75) is 6.42 Å². The Bertz CT molecular complexity index is 672. The largest absolute Gasteiger partial charge is 0.481 e. The maximum atomic E-state index is 12.5. The number of aromatic nitrogens is 2. The van der Waals surface area contributed by atoms with E-state index in [0.717, 1.165) is 5.56 Å². The first-order chi connectivity index (χ1) is 10.2. The molecule has 2 aromatic rings. The third kappa shape index (κ3) is 2.96. The lowest BCUT2D eigenvalue weighted by Crippen LogP contribution is -2.30. The van der Waals surface area contributed by atoms with Crippen LogP contribution in [0.15, 0.2) is 36.5 Å². The number of hydrogen-bond donors (Lipinski definition) is 2. The van der Waals surface area contributed by atoms with Crippen molar-refractivity contribution in [1.29, 1.82) is 0 Å². The number of likely N-dealkylation sites (tertiary alicyclic amines) is 1. The molecule has 0 spiro atoms. The van der Waals surface area contributed by atoms with Crippen LogP contribution in [0, 0.1) is 5.92 Å². The number of carboxylic acids is 1. The van der Waals surface area contributed by atoms with E-state index in [0.29, 0.717) is 24.2 Å². The summed E-state index contributed by atoms with van der Waals surface area (Å²) in [6.45, 7) is 0.725. The lowest BCUT2D eigenvalue weighted by atomic mass is 10.1. The lowest BCUT2D eigenvalue weighted by Gasteiger charge is -2.15. The summed E-state index contributed by atoms with van der Waals surface area (Å²) in [4.78, 5) is 25.1. The van der Waals surface area contributed by atoms with Gasteiger partial charge in [0, 0.05) is 18.7 Å². The van der Waals surface area contributed by atoms with Gasteiger partial charge in [0.15, 0.2) is 0 Å². The molecule has 1 amide bonds. The Morgan fingerprint density at radius 1 is 1.27 bits per heavy atom. The fraction of sp³-hybridized carbons (Fsp3) is 0.267. The molecular formula is C15H16ClN3O3. The van der Waals surface area contributed by atoms with E-state index >= 15 is 0 Å².